The first kappa shape index (κ1) is 16.1. The standard InChI is InChI=1S/C20H16ClNO2/c21-17-9-4-6-15(14-17)11-12-19(23)22-20(18-10-5-13-24-18)16-7-2-1-3-8-16/h1-14,20H,(H,22,23). The molecule has 120 valence electrons. The van der Waals surface area contributed by atoms with E-state index in [4.69, 9.17) is 16.0 Å². The second-order valence-electron chi connectivity index (χ2n) is 5.26. The smallest absolute Gasteiger partial charge is 0.244 e. The Balaban J connectivity index is 1.77. The van der Waals surface area contributed by atoms with E-state index in [1.807, 2.05) is 48.5 Å². The fourth-order valence-corrected chi connectivity index (χ4v) is 2.59. The molecular formula is C20H16ClNO2. The summed E-state index contributed by atoms with van der Waals surface area (Å²) in [7, 11) is 0. The van der Waals surface area contributed by atoms with E-state index in [1.54, 1.807) is 30.5 Å². The summed E-state index contributed by atoms with van der Waals surface area (Å²) in [6.07, 6.45) is 4.81. The molecule has 0 aliphatic rings. The zero-order chi connectivity index (χ0) is 16.8. The molecule has 1 heterocycles. The van der Waals surface area contributed by atoms with Crippen molar-refractivity contribution in [1.82, 2.24) is 5.32 Å². The molecule has 0 bridgehead atoms. The van der Waals surface area contributed by atoms with Crippen LogP contribution < -0.4 is 5.32 Å². The number of halogens is 1. The van der Waals surface area contributed by atoms with Crippen LogP contribution in [0.4, 0.5) is 0 Å². The van der Waals surface area contributed by atoms with E-state index in [1.165, 1.54) is 6.08 Å². The quantitative estimate of drug-likeness (QED) is 0.676. The van der Waals surface area contributed by atoms with Crippen molar-refractivity contribution in [3.63, 3.8) is 0 Å². The Morgan fingerprint density at radius 2 is 1.88 bits per heavy atom. The lowest BCUT2D eigenvalue weighted by Gasteiger charge is -2.16. The molecule has 0 aliphatic carbocycles. The van der Waals surface area contributed by atoms with Crippen LogP contribution in [0.5, 0.6) is 0 Å². The molecule has 0 radical (unpaired) electrons. The Bertz CT molecular complexity index is 826. The molecule has 0 saturated heterocycles. The molecule has 24 heavy (non-hydrogen) atoms. The highest BCUT2D eigenvalue weighted by molar-refractivity contribution is 6.30. The second-order valence-corrected chi connectivity index (χ2v) is 5.69. The van der Waals surface area contributed by atoms with Crippen LogP contribution in [-0.4, -0.2) is 5.91 Å². The summed E-state index contributed by atoms with van der Waals surface area (Å²) in [5.74, 6) is 0.478. The summed E-state index contributed by atoms with van der Waals surface area (Å²) in [5, 5.41) is 3.60. The Morgan fingerprint density at radius 3 is 2.58 bits per heavy atom. The van der Waals surface area contributed by atoms with Gasteiger partial charge in [0.15, 0.2) is 0 Å². The van der Waals surface area contributed by atoms with E-state index in [0.29, 0.717) is 10.8 Å². The van der Waals surface area contributed by atoms with E-state index in [0.717, 1.165) is 11.1 Å². The minimum Gasteiger partial charge on any atom is -0.467 e. The second kappa shape index (κ2) is 7.66. The molecule has 4 heteroatoms. The van der Waals surface area contributed by atoms with E-state index in [-0.39, 0.29) is 11.9 Å². The molecule has 3 aromatic rings. The Labute approximate surface area is 145 Å². The third kappa shape index (κ3) is 4.15. The maximum absolute atomic E-state index is 12.3. The number of carbonyl (C=O) groups is 1. The number of rotatable bonds is 5. The summed E-state index contributed by atoms with van der Waals surface area (Å²) in [4.78, 5) is 12.3. The van der Waals surface area contributed by atoms with Crippen molar-refractivity contribution in [2.75, 3.05) is 0 Å². The van der Waals surface area contributed by atoms with E-state index < -0.39 is 0 Å². The van der Waals surface area contributed by atoms with Gasteiger partial charge in [-0.2, -0.15) is 0 Å². The third-order valence-electron chi connectivity index (χ3n) is 3.52. The Kier molecular flexibility index (Phi) is 5.14. The maximum Gasteiger partial charge on any atom is 0.244 e. The topological polar surface area (TPSA) is 42.2 Å². The molecule has 3 rings (SSSR count). The predicted molar refractivity (Wildman–Crippen MR) is 95.6 cm³/mol. The minimum absolute atomic E-state index is 0.208. The van der Waals surface area contributed by atoms with Gasteiger partial charge in [0.1, 0.15) is 11.8 Å². The Morgan fingerprint density at radius 1 is 1.04 bits per heavy atom. The van der Waals surface area contributed by atoms with Gasteiger partial charge in [-0.15, -0.1) is 0 Å². The minimum atomic E-state index is -0.335. The molecule has 0 saturated carbocycles. The van der Waals surface area contributed by atoms with Gasteiger partial charge < -0.3 is 9.73 Å². The van der Waals surface area contributed by atoms with Gasteiger partial charge in [-0.25, -0.2) is 0 Å². The van der Waals surface area contributed by atoms with Gasteiger partial charge in [0, 0.05) is 11.1 Å². The number of hydrogen-bond donors (Lipinski definition) is 1. The van der Waals surface area contributed by atoms with Gasteiger partial charge in [0.25, 0.3) is 0 Å². The molecule has 0 spiro atoms. The van der Waals surface area contributed by atoms with Crippen LogP contribution in [0.25, 0.3) is 6.08 Å². The fourth-order valence-electron chi connectivity index (χ4n) is 2.39. The van der Waals surface area contributed by atoms with Crippen molar-refractivity contribution in [3.8, 4) is 0 Å². The average molecular weight is 338 g/mol. The number of hydrogen-bond acceptors (Lipinski definition) is 2. The third-order valence-corrected chi connectivity index (χ3v) is 3.76. The molecular weight excluding hydrogens is 322 g/mol. The fraction of sp³-hybridized carbons (Fsp3) is 0.0500. The highest BCUT2D eigenvalue weighted by Crippen LogP contribution is 2.22. The van der Waals surface area contributed by atoms with Gasteiger partial charge >= 0.3 is 0 Å². The number of nitrogens with one attached hydrogen (secondary N) is 1. The van der Waals surface area contributed by atoms with Crippen molar-refractivity contribution in [2.24, 2.45) is 0 Å². The molecule has 0 aliphatic heterocycles. The van der Waals surface area contributed by atoms with Crippen molar-refractivity contribution >= 4 is 23.6 Å². The molecule has 1 atom stereocenters. The number of furan rings is 1. The lowest BCUT2D eigenvalue weighted by molar-refractivity contribution is -0.117. The van der Waals surface area contributed by atoms with Crippen LogP contribution in [0.1, 0.15) is 22.9 Å². The number of benzene rings is 2. The predicted octanol–water partition coefficient (Wildman–Crippen LogP) is 4.85. The van der Waals surface area contributed by atoms with Gasteiger partial charge in [-0.3, -0.25) is 4.79 Å². The van der Waals surface area contributed by atoms with Gasteiger partial charge in [-0.05, 0) is 41.5 Å². The maximum atomic E-state index is 12.3. The summed E-state index contributed by atoms with van der Waals surface area (Å²) in [6.45, 7) is 0. The lowest BCUT2D eigenvalue weighted by Crippen LogP contribution is -2.27. The summed E-state index contributed by atoms with van der Waals surface area (Å²) in [5.41, 5.74) is 1.82. The molecule has 1 aromatic heterocycles. The van der Waals surface area contributed by atoms with Crippen molar-refractivity contribution in [1.29, 1.82) is 0 Å². The summed E-state index contributed by atoms with van der Waals surface area (Å²) < 4.78 is 5.47. The van der Waals surface area contributed by atoms with Crippen LogP contribution in [0.3, 0.4) is 0 Å². The molecule has 1 unspecified atom stereocenters. The van der Waals surface area contributed by atoms with Crippen molar-refractivity contribution < 1.29 is 9.21 Å². The zero-order valence-electron chi connectivity index (χ0n) is 12.9. The SMILES string of the molecule is O=C(C=Cc1cccc(Cl)c1)NC(c1ccccc1)c1ccco1. The zero-order valence-corrected chi connectivity index (χ0v) is 13.6. The van der Waals surface area contributed by atoms with Crippen molar-refractivity contribution in [3.05, 3.63) is 101 Å². The summed E-state index contributed by atoms with van der Waals surface area (Å²) >= 11 is 5.95. The molecule has 3 nitrogen and oxygen atoms in total. The largest absolute Gasteiger partial charge is 0.467 e. The summed E-state index contributed by atoms with van der Waals surface area (Å²) in [6, 6.07) is 20.3. The highest BCUT2D eigenvalue weighted by atomic mass is 35.5. The first-order valence-corrected chi connectivity index (χ1v) is 7.92. The molecule has 1 N–H and O–H groups in total. The van der Waals surface area contributed by atoms with Gasteiger partial charge in [-0.1, -0.05) is 54.1 Å². The molecule has 0 fully saturated rings. The van der Waals surface area contributed by atoms with Gasteiger partial charge in [0.2, 0.25) is 5.91 Å². The number of amides is 1. The normalized spacial score (nSPS) is 12.2. The number of carbonyl (C=O) groups excluding carboxylic acids is 1. The van der Waals surface area contributed by atoms with Crippen LogP contribution in [-0.2, 0) is 4.79 Å². The van der Waals surface area contributed by atoms with Crippen molar-refractivity contribution in [2.45, 2.75) is 6.04 Å². The first-order chi connectivity index (χ1) is 11.7. The van der Waals surface area contributed by atoms with E-state index >= 15 is 0 Å². The van der Waals surface area contributed by atoms with E-state index in [2.05, 4.69) is 5.32 Å². The first-order valence-electron chi connectivity index (χ1n) is 7.55. The van der Waals surface area contributed by atoms with Crippen LogP contribution in [0, 0.1) is 0 Å². The molecule has 1 amide bonds. The van der Waals surface area contributed by atoms with Crippen LogP contribution in [0.2, 0.25) is 5.02 Å². The van der Waals surface area contributed by atoms with Crippen LogP contribution >= 0.6 is 11.6 Å². The highest BCUT2D eigenvalue weighted by Gasteiger charge is 2.17. The molecule has 2 aromatic carbocycles. The van der Waals surface area contributed by atoms with E-state index in [9.17, 15) is 4.79 Å². The van der Waals surface area contributed by atoms with Gasteiger partial charge in [0.05, 0.1) is 6.26 Å². The average Bonchev–Trinajstić information content (AvgIpc) is 3.13. The Hall–Kier alpha value is -2.78. The van der Waals surface area contributed by atoms with Crippen LogP contribution in [0.15, 0.2) is 83.5 Å². The monoisotopic (exact) mass is 337 g/mol. The lowest BCUT2D eigenvalue weighted by atomic mass is 10.0.